The van der Waals surface area contributed by atoms with E-state index in [1.807, 2.05) is 30.3 Å². The minimum Gasteiger partial charge on any atom is -0.282 e. The smallest absolute Gasteiger partial charge is 0.282 e. The summed E-state index contributed by atoms with van der Waals surface area (Å²) in [5.74, 6) is 0. The van der Waals surface area contributed by atoms with Crippen LogP contribution in [0.3, 0.4) is 0 Å². The fourth-order valence-electron chi connectivity index (χ4n) is 1.45. The van der Waals surface area contributed by atoms with E-state index in [9.17, 15) is 8.42 Å². The van der Waals surface area contributed by atoms with E-state index in [-0.39, 0.29) is 56.3 Å². The molecule has 0 bridgehead atoms. The minimum atomic E-state index is -4.10. The van der Waals surface area contributed by atoms with Crippen LogP contribution in [0, 0.1) is 0 Å². The fourth-order valence-corrected chi connectivity index (χ4v) is 1.93. The Morgan fingerprint density at radius 3 is 1.71 bits per heavy atom. The zero-order valence-corrected chi connectivity index (χ0v) is 13.3. The third kappa shape index (κ3) is 3.99. The van der Waals surface area contributed by atoms with E-state index in [2.05, 4.69) is 0 Å². The zero-order chi connectivity index (χ0) is 11.6. The normalized spacial score (nSPS) is 10.6. The summed E-state index contributed by atoms with van der Waals surface area (Å²) < 4.78 is 30.5. The maximum atomic E-state index is 10.8. The molecule has 2 aromatic carbocycles. The second-order valence-electron chi connectivity index (χ2n) is 3.37. The molecule has 2 aromatic rings. The average Bonchev–Trinajstić information content (AvgIpc) is 2.29. The van der Waals surface area contributed by atoms with Crippen LogP contribution in [0.25, 0.3) is 11.1 Å². The van der Waals surface area contributed by atoms with Crippen molar-refractivity contribution in [2.24, 2.45) is 0 Å². The topological polar surface area (TPSA) is 54.4 Å². The van der Waals surface area contributed by atoms with Gasteiger partial charge in [-0.1, -0.05) is 42.5 Å². The number of benzene rings is 2. The summed E-state index contributed by atoms with van der Waals surface area (Å²) in [7, 11) is -4.10. The van der Waals surface area contributed by atoms with Crippen LogP contribution in [0.1, 0.15) is 0 Å². The van der Waals surface area contributed by atoms with Gasteiger partial charge in [-0.05, 0) is 23.3 Å². The summed E-state index contributed by atoms with van der Waals surface area (Å²) in [5, 5.41) is 0. The van der Waals surface area contributed by atoms with Crippen LogP contribution < -0.4 is 0 Å². The Morgan fingerprint density at radius 2 is 1.24 bits per heavy atom. The first-order chi connectivity index (χ1) is 7.57. The van der Waals surface area contributed by atoms with Crippen molar-refractivity contribution in [1.29, 1.82) is 0 Å². The van der Waals surface area contributed by atoms with Crippen LogP contribution in [-0.4, -0.2) is 64.4 Å². The van der Waals surface area contributed by atoms with E-state index in [1.54, 1.807) is 12.1 Å². The Kier molecular flexibility index (Phi) is 5.52. The molecule has 0 aliphatic rings. The molecule has 0 heterocycles. The van der Waals surface area contributed by atoms with Crippen molar-refractivity contribution in [1.82, 2.24) is 0 Å². The molecule has 0 spiro atoms. The molecule has 0 fully saturated rings. The van der Waals surface area contributed by atoms with Crippen LogP contribution in [0.2, 0.25) is 0 Å². The molecule has 0 aliphatic heterocycles. The number of rotatable bonds is 2. The van der Waals surface area contributed by atoms with Gasteiger partial charge in [0.25, 0.3) is 10.1 Å². The molecule has 0 atom stereocenters. The van der Waals surface area contributed by atoms with Gasteiger partial charge in [-0.25, -0.2) is 0 Å². The van der Waals surface area contributed by atoms with Crippen molar-refractivity contribution in [2.45, 2.75) is 4.90 Å². The number of hydrogen-bond acceptors (Lipinski definition) is 2. The van der Waals surface area contributed by atoms with Crippen LogP contribution in [0.5, 0.6) is 0 Å². The summed E-state index contributed by atoms with van der Waals surface area (Å²) in [4.78, 5) is -0.0906. The van der Waals surface area contributed by atoms with Crippen molar-refractivity contribution < 1.29 is 13.0 Å². The largest absolute Gasteiger partial charge is 0.294 e. The van der Waals surface area contributed by atoms with Gasteiger partial charge in [0.2, 0.25) is 0 Å². The Bertz CT molecular complexity index is 577. The molecule has 17 heavy (non-hydrogen) atoms. The molecular formula is C12H10KO3S. The maximum absolute atomic E-state index is 10.8. The van der Waals surface area contributed by atoms with Gasteiger partial charge >= 0.3 is 0 Å². The third-order valence-electron chi connectivity index (χ3n) is 2.26. The molecule has 1 N–H and O–H groups in total. The molecule has 2 rings (SSSR count). The van der Waals surface area contributed by atoms with Gasteiger partial charge in [-0.3, -0.25) is 4.55 Å². The molecule has 5 heteroatoms. The molecule has 0 aromatic heterocycles. The van der Waals surface area contributed by atoms with Crippen LogP contribution in [0.15, 0.2) is 59.5 Å². The van der Waals surface area contributed by atoms with Crippen molar-refractivity contribution >= 4 is 61.5 Å². The van der Waals surface area contributed by atoms with Gasteiger partial charge in [-0.2, -0.15) is 8.42 Å². The summed E-state index contributed by atoms with van der Waals surface area (Å²) in [6.07, 6.45) is 0. The second kappa shape index (κ2) is 6.24. The average molecular weight is 273 g/mol. The Labute approximate surface area is 143 Å². The van der Waals surface area contributed by atoms with E-state index >= 15 is 0 Å². The standard InChI is InChI=1S/C12H10O3S.K/c13-16(14,15)12-8-6-11(7-9-12)10-4-2-1-3-5-10;/h1-9H,(H,13,14,15);. The molecule has 0 amide bonds. The Hall–Kier alpha value is -0.0136. The fraction of sp³-hybridized carbons (Fsp3) is 0. The summed E-state index contributed by atoms with van der Waals surface area (Å²) in [6, 6.07) is 15.7. The van der Waals surface area contributed by atoms with Crippen molar-refractivity contribution in [3.05, 3.63) is 54.6 Å². The summed E-state index contributed by atoms with van der Waals surface area (Å²) in [6.45, 7) is 0. The first kappa shape index (κ1) is 15.0. The first-order valence-electron chi connectivity index (χ1n) is 4.70. The SMILES string of the molecule is O=S(=O)(O)c1ccc(-c2ccccc2)cc1.[K]. The van der Waals surface area contributed by atoms with E-state index in [0.29, 0.717) is 0 Å². The first-order valence-corrected chi connectivity index (χ1v) is 6.14. The summed E-state index contributed by atoms with van der Waals surface area (Å²) in [5.41, 5.74) is 1.91. The van der Waals surface area contributed by atoms with Crippen LogP contribution >= 0.6 is 0 Å². The van der Waals surface area contributed by atoms with E-state index < -0.39 is 10.1 Å². The third-order valence-corrected chi connectivity index (χ3v) is 3.13. The minimum absolute atomic E-state index is 0. The number of hydrogen-bond donors (Lipinski definition) is 1. The van der Waals surface area contributed by atoms with Crippen molar-refractivity contribution in [2.75, 3.05) is 0 Å². The van der Waals surface area contributed by atoms with E-state index in [1.165, 1.54) is 12.1 Å². The summed E-state index contributed by atoms with van der Waals surface area (Å²) >= 11 is 0. The monoisotopic (exact) mass is 273 g/mol. The van der Waals surface area contributed by atoms with Crippen molar-refractivity contribution in [3.8, 4) is 11.1 Å². The molecule has 0 unspecified atom stereocenters. The second-order valence-corrected chi connectivity index (χ2v) is 4.79. The molecule has 0 saturated heterocycles. The van der Waals surface area contributed by atoms with Gasteiger partial charge < -0.3 is 0 Å². The van der Waals surface area contributed by atoms with Gasteiger partial charge in [0.1, 0.15) is 0 Å². The molecule has 0 saturated carbocycles. The van der Waals surface area contributed by atoms with Crippen molar-refractivity contribution in [3.63, 3.8) is 0 Å². The molecular weight excluding hydrogens is 263 g/mol. The Morgan fingerprint density at radius 1 is 0.765 bits per heavy atom. The molecule has 1 radical (unpaired) electrons. The predicted molar refractivity (Wildman–Crippen MR) is 67.4 cm³/mol. The van der Waals surface area contributed by atoms with Gasteiger partial charge in [0.15, 0.2) is 0 Å². The predicted octanol–water partition coefficient (Wildman–Crippen LogP) is 2.22. The quantitative estimate of drug-likeness (QED) is 0.674. The van der Waals surface area contributed by atoms with Gasteiger partial charge in [0.05, 0.1) is 4.90 Å². The van der Waals surface area contributed by atoms with E-state index in [0.717, 1.165) is 11.1 Å². The van der Waals surface area contributed by atoms with Crippen LogP contribution in [-0.2, 0) is 10.1 Å². The van der Waals surface area contributed by atoms with Gasteiger partial charge in [0, 0.05) is 51.4 Å². The van der Waals surface area contributed by atoms with Gasteiger partial charge in [-0.15, -0.1) is 0 Å². The van der Waals surface area contributed by atoms with E-state index in [4.69, 9.17) is 4.55 Å². The molecule has 83 valence electrons. The molecule has 0 aliphatic carbocycles. The zero-order valence-electron chi connectivity index (χ0n) is 9.37. The Balaban J connectivity index is 0.00000144. The van der Waals surface area contributed by atoms with Crippen LogP contribution in [0.4, 0.5) is 0 Å². The maximum Gasteiger partial charge on any atom is 0.294 e. The molecule has 3 nitrogen and oxygen atoms in total.